The second-order valence-electron chi connectivity index (χ2n) is 8.28. The first kappa shape index (κ1) is 18.7. The predicted molar refractivity (Wildman–Crippen MR) is 113 cm³/mol. The maximum atomic E-state index is 12.8. The smallest absolute Gasteiger partial charge is 0.331 e. The maximum Gasteiger partial charge on any atom is 0.331 e. The van der Waals surface area contributed by atoms with Crippen LogP contribution in [0.25, 0.3) is 0 Å². The largest absolute Gasteiger partial charge is 0.478 e. The Labute approximate surface area is 173 Å². The van der Waals surface area contributed by atoms with Gasteiger partial charge < -0.3 is 14.6 Å². The number of anilines is 1. The molecule has 1 aliphatic heterocycles. The van der Waals surface area contributed by atoms with E-state index in [0.717, 1.165) is 57.2 Å². The molecule has 3 aliphatic rings. The average Bonchev–Trinajstić information content (AvgIpc) is 3.45. The summed E-state index contributed by atoms with van der Waals surface area (Å²) in [5.41, 5.74) is 6.22. The first-order valence-corrected chi connectivity index (χ1v) is 11.8. The number of aryl methyl sites for hydroxylation is 2. The van der Waals surface area contributed by atoms with Gasteiger partial charge in [-0.05, 0) is 73.3 Å². The number of hydrogen-bond donors (Lipinski definition) is 2. The van der Waals surface area contributed by atoms with Crippen LogP contribution in [0.1, 0.15) is 48.4 Å². The lowest BCUT2D eigenvalue weighted by molar-refractivity contribution is 0.166. The molecule has 29 heavy (non-hydrogen) atoms. The molecule has 154 valence electrons. The summed E-state index contributed by atoms with van der Waals surface area (Å²) in [7, 11) is -1.66. The Morgan fingerprint density at radius 3 is 2.62 bits per heavy atom. The number of carbonyl (C=O) groups is 1. The summed E-state index contributed by atoms with van der Waals surface area (Å²) in [6.07, 6.45) is 9.36. The van der Waals surface area contributed by atoms with Crippen LogP contribution in [0.15, 0.2) is 23.2 Å². The van der Waals surface area contributed by atoms with E-state index in [0.29, 0.717) is 23.3 Å². The third kappa shape index (κ3) is 3.35. The van der Waals surface area contributed by atoms with Gasteiger partial charge in [0.25, 0.3) is 0 Å². The van der Waals surface area contributed by atoms with Crippen molar-refractivity contribution in [2.75, 3.05) is 11.9 Å². The summed E-state index contributed by atoms with van der Waals surface area (Å²) in [5, 5.41) is 3.04. The van der Waals surface area contributed by atoms with Crippen molar-refractivity contribution in [2.45, 2.75) is 63.3 Å². The van der Waals surface area contributed by atoms with E-state index in [1.165, 1.54) is 22.3 Å². The fourth-order valence-electron chi connectivity index (χ4n) is 4.90. The highest BCUT2D eigenvalue weighted by molar-refractivity contribution is 7.83. The van der Waals surface area contributed by atoms with Crippen molar-refractivity contribution in [3.63, 3.8) is 0 Å². The lowest BCUT2D eigenvalue weighted by atomic mass is 9.99. The predicted octanol–water partition coefficient (Wildman–Crippen LogP) is 3.73. The number of nitrogens with one attached hydrogen (secondary N) is 2. The lowest BCUT2D eigenvalue weighted by Gasteiger charge is -2.24. The van der Waals surface area contributed by atoms with Crippen molar-refractivity contribution in [1.29, 1.82) is 0 Å². The van der Waals surface area contributed by atoms with Crippen molar-refractivity contribution >= 4 is 22.7 Å². The normalized spacial score (nSPS) is 20.4. The highest BCUT2D eigenvalue weighted by Gasteiger charge is 2.27. The van der Waals surface area contributed by atoms with Crippen molar-refractivity contribution in [3.8, 4) is 5.88 Å². The Balaban J connectivity index is 1.33. The molecule has 0 fully saturated rings. The zero-order chi connectivity index (χ0) is 20.0. The van der Waals surface area contributed by atoms with Crippen molar-refractivity contribution in [1.82, 2.24) is 9.29 Å². The number of fused-ring (bicyclic) bond motifs is 3. The standard InChI is InChI=1S/C22H27N3O3S/c1-2-14-12-25-10-9-19(21(25)28-13-14)29(27)24-22(26)23-20-17-7-3-5-15(17)11-16-6-4-8-18(16)20/h9-11,14H,2-8,12-13H2,1H3,(H2,23,24,26). The van der Waals surface area contributed by atoms with E-state index in [4.69, 9.17) is 4.74 Å². The Hall–Kier alpha value is -2.28. The Kier molecular flexibility index (Phi) is 4.86. The highest BCUT2D eigenvalue weighted by Crippen LogP contribution is 2.38. The van der Waals surface area contributed by atoms with Crippen molar-refractivity contribution in [3.05, 3.63) is 40.6 Å². The summed E-state index contributed by atoms with van der Waals surface area (Å²) < 4.78 is 23.3. The minimum atomic E-state index is -1.66. The van der Waals surface area contributed by atoms with E-state index in [1.807, 2.05) is 10.8 Å². The molecule has 0 bridgehead atoms. The number of amides is 2. The van der Waals surface area contributed by atoms with Crippen LogP contribution in [-0.2, 0) is 43.2 Å². The molecule has 2 heterocycles. The molecule has 7 heteroatoms. The van der Waals surface area contributed by atoms with Crippen LogP contribution < -0.4 is 14.8 Å². The fraction of sp³-hybridized carbons (Fsp3) is 0.500. The monoisotopic (exact) mass is 413 g/mol. The van der Waals surface area contributed by atoms with Gasteiger partial charge >= 0.3 is 6.03 Å². The van der Waals surface area contributed by atoms with E-state index >= 15 is 0 Å². The summed E-state index contributed by atoms with van der Waals surface area (Å²) in [6, 6.07) is 3.70. The van der Waals surface area contributed by atoms with Gasteiger partial charge in [0.1, 0.15) is 4.90 Å². The molecule has 2 aliphatic carbocycles. The molecule has 2 unspecified atom stereocenters. The minimum Gasteiger partial charge on any atom is -0.478 e. The Morgan fingerprint density at radius 2 is 1.93 bits per heavy atom. The van der Waals surface area contributed by atoms with E-state index in [9.17, 15) is 9.00 Å². The molecule has 0 radical (unpaired) electrons. The van der Waals surface area contributed by atoms with Gasteiger partial charge in [-0.3, -0.25) is 4.72 Å². The number of aromatic nitrogens is 1. The topological polar surface area (TPSA) is 72.4 Å². The minimum absolute atomic E-state index is 0.417. The third-order valence-electron chi connectivity index (χ3n) is 6.46. The van der Waals surface area contributed by atoms with Crippen LogP contribution in [0.4, 0.5) is 10.5 Å². The summed E-state index contributed by atoms with van der Waals surface area (Å²) in [5.74, 6) is 1.07. The molecule has 6 nitrogen and oxygen atoms in total. The second-order valence-corrected chi connectivity index (χ2v) is 9.46. The van der Waals surface area contributed by atoms with Gasteiger partial charge in [0, 0.05) is 24.3 Å². The quantitative estimate of drug-likeness (QED) is 0.802. The van der Waals surface area contributed by atoms with Crippen LogP contribution in [-0.4, -0.2) is 21.4 Å². The summed E-state index contributed by atoms with van der Waals surface area (Å²) >= 11 is 0. The van der Waals surface area contributed by atoms with E-state index < -0.39 is 17.0 Å². The number of carbonyl (C=O) groups excluding carboxylic acids is 1. The maximum absolute atomic E-state index is 12.8. The number of urea groups is 1. The van der Waals surface area contributed by atoms with E-state index in [1.54, 1.807) is 6.07 Å². The molecular weight excluding hydrogens is 386 g/mol. The number of ether oxygens (including phenoxy) is 1. The lowest BCUT2D eigenvalue weighted by Crippen LogP contribution is -2.32. The van der Waals surface area contributed by atoms with Gasteiger partial charge in [-0.2, -0.15) is 0 Å². The summed E-state index contributed by atoms with van der Waals surface area (Å²) in [4.78, 5) is 13.2. The Bertz CT molecular complexity index is 965. The number of benzene rings is 1. The average molecular weight is 414 g/mol. The number of hydrogen-bond acceptors (Lipinski definition) is 3. The van der Waals surface area contributed by atoms with Crippen molar-refractivity contribution in [2.24, 2.45) is 5.92 Å². The molecule has 0 spiro atoms. The van der Waals surface area contributed by atoms with Gasteiger partial charge in [0.05, 0.1) is 6.61 Å². The van der Waals surface area contributed by atoms with Gasteiger partial charge in [0.15, 0.2) is 11.0 Å². The first-order valence-electron chi connectivity index (χ1n) is 10.6. The zero-order valence-corrected chi connectivity index (χ0v) is 17.6. The third-order valence-corrected chi connectivity index (χ3v) is 7.54. The van der Waals surface area contributed by atoms with Crippen LogP contribution >= 0.6 is 0 Å². The molecule has 2 atom stereocenters. The van der Waals surface area contributed by atoms with Crippen molar-refractivity contribution < 1.29 is 13.7 Å². The zero-order valence-electron chi connectivity index (χ0n) is 16.8. The molecular formula is C22H27N3O3S. The van der Waals surface area contributed by atoms with Gasteiger partial charge in [-0.1, -0.05) is 13.0 Å². The van der Waals surface area contributed by atoms with Crippen LogP contribution in [0.3, 0.4) is 0 Å². The first-order chi connectivity index (χ1) is 14.1. The molecule has 0 saturated heterocycles. The Morgan fingerprint density at radius 1 is 1.21 bits per heavy atom. The number of nitrogens with zero attached hydrogens (tertiary/aromatic N) is 1. The SMILES string of the molecule is CCC1COc2c(S(=O)NC(=O)Nc3c4c(cc5c3CCC5)CCC4)ccn2C1. The van der Waals surface area contributed by atoms with Gasteiger partial charge in [0.2, 0.25) is 5.88 Å². The fourth-order valence-corrected chi connectivity index (χ4v) is 5.75. The molecule has 2 amide bonds. The van der Waals surface area contributed by atoms with E-state index in [-0.39, 0.29) is 0 Å². The summed E-state index contributed by atoms with van der Waals surface area (Å²) in [6.45, 7) is 3.63. The van der Waals surface area contributed by atoms with E-state index in [2.05, 4.69) is 23.0 Å². The van der Waals surface area contributed by atoms with Gasteiger partial charge in [-0.15, -0.1) is 0 Å². The second kappa shape index (κ2) is 7.52. The molecule has 2 aromatic rings. The molecule has 0 saturated carbocycles. The molecule has 1 aromatic carbocycles. The molecule has 5 rings (SSSR count). The van der Waals surface area contributed by atoms with Crippen LogP contribution in [0.5, 0.6) is 5.88 Å². The molecule has 1 aromatic heterocycles. The number of rotatable bonds is 4. The van der Waals surface area contributed by atoms with Gasteiger partial charge in [-0.25, -0.2) is 9.00 Å². The highest BCUT2D eigenvalue weighted by atomic mass is 32.2. The van der Waals surface area contributed by atoms with Crippen LogP contribution in [0.2, 0.25) is 0 Å². The molecule has 2 N–H and O–H groups in total. The van der Waals surface area contributed by atoms with Crippen LogP contribution in [0, 0.1) is 5.92 Å².